The minimum Gasteiger partial charge on any atom is -0.490 e. The predicted molar refractivity (Wildman–Crippen MR) is 83.8 cm³/mol. The number of hydrogen-bond acceptors (Lipinski definition) is 4. The van der Waals surface area contributed by atoms with E-state index in [0.29, 0.717) is 6.61 Å². The molecule has 2 heterocycles. The lowest BCUT2D eigenvalue weighted by Crippen LogP contribution is -2.51. The van der Waals surface area contributed by atoms with E-state index in [0.717, 1.165) is 44.0 Å². The van der Waals surface area contributed by atoms with Crippen molar-refractivity contribution in [2.24, 2.45) is 0 Å². The summed E-state index contributed by atoms with van der Waals surface area (Å²) in [6, 6.07) is 4.41. The van der Waals surface area contributed by atoms with Crippen LogP contribution < -0.4 is 4.74 Å². The average Bonchev–Trinajstić information content (AvgIpc) is 2.47. The Balaban J connectivity index is 1.89. The van der Waals surface area contributed by atoms with Crippen molar-refractivity contribution in [3.8, 4) is 5.75 Å². The Labute approximate surface area is 127 Å². The lowest BCUT2D eigenvalue weighted by Gasteiger charge is -2.43. The van der Waals surface area contributed by atoms with E-state index in [1.54, 1.807) is 0 Å². The second-order valence-electron chi connectivity index (χ2n) is 6.29. The highest BCUT2D eigenvalue weighted by atomic mass is 16.5. The first-order chi connectivity index (χ1) is 10.1. The van der Waals surface area contributed by atoms with Crippen LogP contribution in [0, 0.1) is 13.8 Å². The molecule has 0 aliphatic carbocycles. The zero-order valence-electron chi connectivity index (χ0n) is 13.3. The van der Waals surface area contributed by atoms with Crippen LogP contribution in [0.3, 0.4) is 0 Å². The number of piperazine rings is 1. The molecule has 1 saturated heterocycles. The zero-order chi connectivity index (χ0) is 15.0. The third-order valence-corrected chi connectivity index (χ3v) is 4.78. The van der Waals surface area contributed by atoms with Crippen molar-refractivity contribution in [3.05, 3.63) is 28.8 Å². The standard InChI is InChI=1S/C17H26N2O2/c1-4-18-5-7-19(8-6-18)16-14-10-12(2)9-13(3)17(14)21-11-15(16)20/h9-10,15-16,20H,4-8,11H2,1-3H3. The number of nitrogens with zero attached hydrogens (tertiary/aromatic N) is 2. The Morgan fingerprint density at radius 3 is 2.57 bits per heavy atom. The lowest BCUT2D eigenvalue weighted by molar-refractivity contribution is -0.0176. The first-order valence-electron chi connectivity index (χ1n) is 7.98. The Bertz CT molecular complexity index is 510. The van der Waals surface area contributed by atoms with Gasteiger partial charge in [-0.05, 0) is 26.0 Å². The summed E-state index contributed by atoms with van der Waals surface area (Å²) in [4.78, 5) is 4.89. The van der Waals surface area contributed by atoms with E-state index in [1.807, 2.05) is 0 Å². The van der Waals surface area contributed by atoms with E-state index in [1.165, 1.54) is 11.1 Å². The SMILES string of the molecule is CCN1CCN(C2c3cc(C)cc(C)c3OCC2O)CC1. The third-order valence-electron chi connectivity index (χ3n) is 4.78. The van der Waals surface area contributed by atoms with Gasteiger partial charge in [-0.3, -0.25) is 4.90 Å². The largest absolute Gasteiger partial charge is 0.490 e. The molecular formula is C17H26N2O2. The summed E-state index contributed by atoms with van der Waals surface area (Å²) >= 11 is 0. The van der Waals surface area contributed by atoms with Crippen molar-refractivity contribution in [2.45, 2.75) is 32.9 Å². The van der Waals surface area contributed by atoms with Gasteiger partial charge < -0.3 is 14.7 Å². The molecule has 0 radical (unpaired) electrons. The topological polar surface area (TPSA) is 35.9 Å². The Kier molecular flexibility index (Phi) is 4.20. The van der Waals surface area contributed by atoms with Gasteiger partial charge in [-0.1, -0.05) is 24.6 Å². The Morgan fingerprint density at radius 1 is 1.19 bits per heavy atom. The summed E-state index contributed by atoms with van der Waals surface area (Å²) in [5.41, 5.74) is 3.58. The summed E-state index contributed by atoms with van der Waals surface area (Å²) in [5, 5.41) is 10.5. The van der Waals surface area contributed by atoms with Crippen LogP contribution in [-0.4, -0.2) is 60.3 Å². The smallest absolute Gasteiger partial charge is 0.127 e. The van der Waals surface area contributed by atoms with E-state index in [-0.39, 0.29) is 6.04 Å². The fourth-order valence-corrected chi connectivity index (χ4v) is 3.67. The van der Waals surface area contributed by atoms with Gasteiger partial charge in [0.15, 0.2) is 0 Å². The normalized spacial score (nSPS) is 27.2. The monoisotopic (exact) mass is 290 g/mol. The molecule has 3 rings (SSSR count). The number of rotatable bonds is 2. The molecule has 1 aromatic rings. The molecule has 1 fully saturated rings. The minimum absolute atomic E-state index is 0.0753. The highest BCUT2D eigenvalue weighted by Crippen LogP contribution is 2.39. The molecule has 2 aliphatic rings. The summed E-state index contributed by atoms with van der Waals surface area (Å²) in [5.74, 6) is 0.980. The fraction of sp³-hybridized carbons (Fsp3) is 0.647. The third kappa shape index (κ3) is 2.80. The van der Waals surface area contributed by atoms with Crippen LogP contribution in [-0.2, 0) is 0 Å². The molecule has 0 amide bonds. The second kappa shape index (κ2) is 5.95. The van der Waals surface area contributed by atoms with Gasteiger partial charge in [-0.15, -0.1) is 0 Å². The van der Waals surface area contributed by atoms with Crippen LogP contribution in [0.15, 0.2) is 12.1 Å². The van der Waals surface area contributed by atoms with Gasteiger partial charge in [0.25, 0.3) is 0 Å². The van der Waals surface area contributed by atoms with E-state index >= 15 is 0 Å². The van der Waals surface area contributed by atoms with Crippen molar-refractivity contribution in [1.82, 2.24) is 9.80 Å². The van der Waals surface area contributed by atoms with Crippen LogP contribution in [0.2, 0.25) is 0 Å². The van der Waals surface area contributed by atoms with Gasteiger partial charge in [0, 0.05) is 31.7 Å². The number of fused-ring (bicyclic) bond motifs is 1. The van der Waals surface area contributed by atoms with E-state index < -0.39 is 6.10 Å². The lowest BCUT2D eigenvalue weighted by atomic mass is 9.92. The Morgan fingerprint density at radius 2 is 1.90 bits per heavy atom. The van der Waals surface area contributed by atoms with E-state index in [9.17, 15) is 5.11 Å². The zero-order valence-corrected chi connectivity index (χ0v) is 13.3. The molecule has 1 N–H and O–H groups in total. The van der Waals surface area contributed by atoms with Crippen LogP contribution >= 0.6 is 0 Å². The molecule has 4 nitrogen and oxygen atoms in total. The molecule has 2 unspecified atom stereocenters. The molecule has 0 saturated carbocycles. The maximum absolute atomic E-state index is 10.5. The summed E-state index contributed by atoms with van der Waals surface area (Å²) in [7, 11) is 0. The quantitative estimate of drug-likeness (QED) is 0.900. The van der Waals surface area contributed by atoms with Crippen LogP contribution in [0.25, 0.3) is 0 Å². The van der Waals surface area contributed by atoms with Gasteiger partial charge in [-0.2, -0.15) is 0 Å². The number of aryl methyl sites for hydroxylation is 2. The number of hydrogen-bond donors (Lipinski definition) is 1. The molecule has 0 aromatic heterocycles. The molecule has 116 valence electrons. The predicted octanol–water partition coefficient (Wildman–Crippen LogP) is 1.74. The van der Waals surface area contributed by atoms with Gasteiger partial charge >= 0.3 is 0 Å². The molecular weight excluding hydrogens is 264 g/mol. The number of likely N-dealkylation sites (N-methyl/N-ethyl adjacent to an activating group) is 1. The van der Waals surface area contributed by atoms with Crippen molar-refractivity contribution in [3.63, 3.8) is 0 Å². The van der Waals surface area contributed by atoms with Gasteiger partial charge in [0.05, 0.1) is 6.04 Å². The average molecular weight is 290 g/mol. The van der Waals surface area contributed by atoms with Crippen molar-refractivity contribution in [1.29, 1.82) is 0 Å². The molecule has 2 aliphatic heterocycles. The van der Waals surface area contributed by atoms with E-state index in [2.05, 4.69) is 42.7 Å². The number of aliphatic hydroxyl groups is 1. The van der Waals surface area contributed by atoms with Crippen LogP contribution in [0.4, 0.5) is 0 Å². The number of ether oxygens (including phenoxy) is 1. The van der Waals surface area contributed by atoms with Gasteiger partial charge in [0.2, 0.25) is 0 Å². The van der Waals surface area contributed by atoms with Crippen molar-refractivity contribution >= 4 is 0 Å². The molecule has 4 heteroatoms. The number of benzene rings is 1. The number of aliphatic hydroxyl groups excluding tert-OH is 1. The maximum Gasteiger partial charge on any atom is 0.127 e. The van der Waals surface area contributed by atoms with Gasteiger partial charge in [-0.25, -0.2) is 0 Å². The summed E-state index contributed by atoms with van der Waals surface area (Å²) in [6.45, 7) is 12.1. The van der Waals surface area contributed by atoms with E-state index in [4.69, 9.17) is 4.74 Å². The Hall–Kier alpha value is -1.10. The van der Waals surface area contributed by atoms with Gasteiger partial charge in [0.1, 0.15) is 18.5 Å². The molecule has 0 bridgehead atoms. The minimum atomic E-state index is -0.438. The van der Waals surface area contributed by atoms with Crippen molar-refractivity contribution in [2.75, 3.05) is 39.3 Å². The van der Waals surface area contributed by atoms with Crippen molar-refractivity contribution < 1.29 is 9.84 Å². The molecule has 0 spiro atoms. The first-order valence-corrected chi connectivity index (χ1v) is 7.98. The molecule has 2 atom stereocenters. The summed E-state index contributed by atoms with van der Waals surface area (Å²) < 4.78 is 5.80. The van der Waals surface area contributed by atoms with Crippen LogP contribution in [0.5, 0.6) is 5.75 Å². The fourth-order valence-electron chi connectivity index (χ4n) is 3.67. The summed E-state index contributed by atoms with van der Waals surface area (Å²) in [6.07, 6.45) is -0.438. The first kappa shape index (κ1) is 14.8. The molecule has 21 heavy (non-hydrogen) atoms. The van der Waals surface area contributed by atoms with Crippen LogP contribution in [0.1, 0.15) is 29.7 Å². The molecule has 1 aromatic carbocycles. The highest BCUT2D eigenvalue weighted by molar-refractivity contribution is 5.47. The highest BCUT2D eigenvalue weighted by Gasteiger charge is 2.36. The second-order valence-corrected chi connectivity index (χ2v) is 6.29. The maximum atomic E-state index is 10.5.